The Morgan fingerprint density at radius 3 is 3.26 bits per heavy atom. The molecule has 1 aliphatic rings. The van der Waals surface area contributed by atoms with E-state index in [0.717, 1.165) is 27.8 Å². The number of rotatable bonds is 6. The molecule has 0 bridgehead atoms. The smallest absolute Gasteiger partial charge is 0.226 e. The zero-order chi connectivity index (χ0) is 16.1. The van der Waals surface area contributed by atoms with Gasteiger partial charge in [-0.2, -0.15) is 10.3 Å². The molecule has 0 fully saturated rings. The number of aromatic amines is 1. The van der Waals surface area contributed by atoms with Gasteiger partial charge in [0.25, 0.3) is 0 Å². The van der Waals surface area contributed by atoms with Crippen LogP contribution >= 0.6 is 11.8 Å². The van der Waals surface area contributed by atoms with Crippen molar-refractivity contribution in [3.8, 4) is 11.5 Å². The van der Waals surface area contributed by atoms with Crippen LogP contribution in [0, 0.1) is 5.92 Å². The topological polar surface area (TPSA) is 89.1 Å². The van der Waals surface area contributed by atoms with E-state index >= 15 is 0 Å². The van der Waals surface area contributed by atoms with Crippen LogP contribution in [0.15, 0.2) is 29.4 Å². The number of fused-ring (bicyclic) bond motifs is 1. The molecule has 0 saturated heterocycles. The summed E-state index contributed by atoms with van der Waals surface area (Å²) >= 11 is 1.54. The molecular formula is C15H18N4O3S. The van der Waals surface area contributed by atoms with E-state index in [-0.39, 0.29) is 11.8 Å². The van der Waals surface area contributed by atoms with Crippen LogP contribution in [0.1, 0.15) is 5.56 Å². The second-order valence-corrected chi connectivity index (χ2v) is 6.25. The summed E-state index contributed by atoms with van der Waals surface area (Å²) in [6.45, 7) is 0.986. The van der Waals surface area contributed by atoms with Gasteiger partial charge in [-0.25, -0.2) is 0 Å². The van der Waals surface area contributed by atoms with Crippen LogP contribution in [0.5, 0.6) is 11.5 Å². The Bertz CT molecular complexity index is 663. The molecule has 0 aliphatic carbocycles. The Balaban J connectivity index is 1.48. The van der Waals surface area contributed by atoms with Crippen molar-refractivity contribution in [2.75, 3.05) is 26.0 Å². The molecule has 1 amide bonds. The first-order valence-corrected chi connectivity index (χ1v) is 8.31. The summed E-state index contributed by atoms with van der Waals surface area (Å²) in [6.07, 6.45) is 2.32. The Kier molecular flexibility index (Phi) is 5.02. The summed E-state index contributed by atoms with van der Waals surface area (Å²) < 4.78 is 10.9. The number of nitrogens with zero attached hydrogens (tertiary/aromatic N) is 2. The molecule has 1 aromatic carbocycles. The average molecular weight is 334 g/mol. The number of hydrogen-bond acceptors (Lipinski definition) is 6. The van der Waals surface area contributed by atoms with E-state index in [1.807, 2.05) is 18.2 Å². The van der Waals surface area contributed by atoms with Crippen LogP contribution in [0.2, 0.25) is 0 Å². The van der Waals surface area contributed by atoms with E-state index in [2.05, 4.69) is 20.7 Å². The molecule has 2 N–H and O–H groups in total. The van der Waals surface area contributed by atoms with Crippen molar-refractivity contribution in [3.63, 3.8) is 0 Å². The first-order chi connectivity index (χ1) is 11.3. The van der Waals surface area contributed by atoms with Gasteiger partial charge in [-0.1, -0.05) is 0 Å². The quantitative estimate of drug-likeness (QED) is 0.611. The average Bonchev–Trinajstić information content (AvgIpc) is 3.11. The highest BCUT2D eigenvalue weighted by molar-refractivity contribution is 7.99. The lowest BCUT2D eigenvalue weighted by Crippen LogP contribution is -2.38. The number of carbonyl (C=O) groups excluding carboxylic acids is 1. The largest absolute Gasteiger partial charge is 0.497 e. The second kappa shape index (κ2) is 7.36. The van der Waals surface area contributed by atoms with Crippen LogP contribution in [-0.2, 0) is 11.2 Å². The highest BCUT2D eigenvalue weighted by Crippen LogP contribution is 2.30. The minimum absolute atomic E-state index is 0.0132. The molecule has 1 aliphatic heterocycles. The molecule has 3 rings (SSSR count). The molecule has 0 radical (unpaired) electrons. The maximum atomic E-state index is 12.3. The Morgan fingerprint density at radius 2 is 2.48 bits per heavy atom. The van der Waals surface area contributed by atoms with Crippen molar-refractivity contribution in [3.05, 3.63) is 30.0 Å². The molecule has 8 heteroatoms. The third-order valence-electron chi connectivity index (χ3n) is 3.59. The molecule has 0 saturated carbocycles. The Morgan fingerprint density at radius 1 is 1.57 bits per heavy atom. The predicted molar refractivity (Wildman–Crippen MR) is 85.8 cm³/mol. The first kappa shape index (κ1) is 15.7. The van der Waals surface area contributed by atoms with Crippen LogP contribution in [0.3, 0.4) is 0 Å². The summed E-state index contributed by atoms with van der Waals surface area (Å²) in [4.78, 5) is 12.3. The molecule has 23 heavy (non-hydrogen) atoms. The number of amides is 1. The number of methoxy groups -OCH3 is 1. The van der Waals surface area contributed by atoms with Gasteiger partial charge in [0.1, 0.15) is 23.1 Å². The van der Waals surface area contributed by atoms with Gasteiger partial charge in [-0.05, 0) is 30.2 Å². The Labute approximate surface area is 138 Å². The van der Waals surface area contributed by atoms with E-state index in [9.17, 15) is 4.79 Å². The van der Waals surface area contributed by atoms with Gasteiger partial charge in [0.15, 0.2) is 0 Å². The van der Waals surface area contributed by atoms with Crippen molar-refractivity contribution in [1.82, 2.24) is 20.7 Å². The first-order valence-electron chi connectivity index (χ1n) is 7.32. The summed E-state index contributed by atoms with van der Waals surface area (Å²) in [5, 5.41) is 14.0. The molecule has 1 aromatic heterocycles. The molecule has 0 spiro atoms. The van der Waals surface area contributed by atoms with Crippen molar-refractivity contribution in [2.24, 2.45) is 5.92 Å². The van der Waals surface area contributed by atoms with E-state index in [0.29, 0.717) is 19.6 Å². The fraction of sp³-hybridized carbons (Fsp3) is 0.400. The molecule has 2 aromatic rings. The zero-order valence-corrected chi connectivity index (χ0v) is 13.6. The standard InChI is InChI=1S/C15H18N4O3S/c1-21-12-2-3-13-10(7-12)6-11(9-22-13)15(20)16-4-5-23-14-8-17-19-18-14/h2-3,7-8,11H,4-6,9H2,1H3,(H,16,20)(H,17,18,19)/t11-/m0/s1. The van der Waals surface area contributed by atoms with Gasteiger partial charge in [-0.3, -0.25) is 4.79 Å². The van der Waals surface area contributed by atoms with Crippen molar-refractivity contribution in [2.45, 2.75) is 11.4 Å². The number of ether oxygens (including phenoxy) is 2. The number of hydrogen-bond donors (Lipinski definition) is 2. The van der Waals surface area contributed by atoms with Crippen LogP contribution in [0.25, 0.3) is 0 Å². The molecular weight excluding hydrogens is 316 g/mol. The fourth-order valence-electron chi connectivity index (χ4n) is 2.40. The highest BCUT2D eigenvalue weighted by Gasteiger charge is 2.26. The van der Waals surface area contributed by atoms with Gasteiger partial charge >= 0.3 is 0 Å². The summed E-state index contributed by atoms with van der Waals surface area (Å²) in [6, 6.07) is 5.67. The van der Waals surface area contributed by atoms with Crippen LogP contribution in [0.4, 0.5) is 0 Å². The lowest BCUT2D eigenvalue weighted by Gasteiger charge is -2.25. The SMILES string of the molecule is COc1ccc2c(c1)C[C@H](C(=O)NCCSc1cn[nH]n1)CO2. The highest BCUT2D eigenvalue weighted by atomic mass is 32.2. The van der Waals surface area contributed by atoms with E-state index < -0.39 is 0 Å². The number of benzene rings is 1. The van der Waals surface area contributed by atoms with E-state index in [1.165, 1.54) is 0 Å². The van der Waals surface area contributed by atoms with Crippen molar-refractivity contribution < 1.29 is 14.3 Å². The third-order valence-corrected chi connectivity index (χ3v) is 4.49. The van der Waals surface area contributed by atoms with Crippen LogP contribution < -0.4 is 14.8 Å². The normalized spacial score (nSPS) is 16.3. The maximum Gasteiger partial charge on any atom is 0.226 e. The number of nitrogens with one attached hydrogen (secondary N) is 2. The van der Waals surface area contributed by atoms with Crippen molar-refractivity contribution in [1.29, 1.82) is 0 Å². The third kappa shape index (κ3) is 3.95. The summed E-state index contributed by atoms with van der Waals surface area (Å²) in [5.74, 6) is 2.19. The predicted octanol–water partition coefficient (Wildman–Crippen LogP) is 1.27. The van der Waals surface area contributed by atoms with Crippen LogP contribution in [-0.4, -0.2) is 47.3 Å². The van der Waals surface area contributed by atoms with Gasteiger partial charge in [0.05, 0.1) is 19.2 Å². The minimum Gasteiger partial charge on any atom is -0.497 e. The number of thioether (sulfide) groups is 1. The monoisotopic (exact) mass is 334 g/mol. The number of aromatic nitrogens is 3. The lowest BCUT2D eigenvalue weighted by molar-refractivity contribution is -0.126. The summed E-state index contributed by atoms with van der Waals surface area (Å²) in [7, 11) is 1.63. The Hall–Kier alpha value is -2.22. The number of carbonyl (C=O) groups is 1. The number of H-pyrrole nitrogens is 1. The second-order valence-electron chi connectivity index (χ2n) is 5.13. The maximum absolute atomic E-state index is 12.3. The van der Waals surface area contributed by atoms with Gasteiger partial charge in [0.2, 0.25) is 5.91 Å². The fourth-order valence-corrected chi connectivity index (χ4v) is 3.05. The van der Waals surface area contributed by atoms with Gasteiger partial charge < -0.3 is 14.8 Å². The minimum atomic E-state index is -0.174. The summed E-state index contributed by atoms with van der Waals surface area (Å²) in [5.41, 5.74) is 1.01. The van der Waals surface area contributed by atoms with E-state index in [1.54, 1.807) is 25.1 Å². The molecule has 122 valence electrons. The molecule has 1 atom stereocenters. The molecule has 2 heterocycles. The van der Waals surface area contributed by atoms with Gasteiger partial charge in [-0.15, -0.1) is 16.9 Å². The lowest BCUT2D eigenvalue weighted by atomic mass is 9.96. The van der Waals surface area contributed by atoms with Crippen molar-refractivity contribution >= 4 is 17.7 Å². The molecule has 7 nitrogen and oxygen atoms in total. The van der Waals surface area contributed by atoms with Gasteiger partial charge in [0, 0.05) is 12.3 Å². The zero-order valence-electron chi connectivity index (χ0n) is 12.7. The molecule has 0 unspecified atom stereocenters. The van der Waals surface area contributed by atoms with E-state index in [4.69, 9.17) is 9.47 Å².